The van der Waals surface area contributed by atoms with Crippen LogP contribution in [0.4, 0.5) is 0 Å². The van der Waals surface area contributed by atoms with Gasteiger partial charge < -0.3 is 4.52 Å². The van der Waals surface area contributed by atoms with Crippen LogP contribution in [0.3, 0.4) is 0 Å². The monoisotopic (exact) mass is 230 g/mol. The van der Waals surface area contributed by atoms with Crippen LogP contribution in [0.25, 0.3) is 0 Å². The van der Waals surface area contributed by atoms with Gasteiger partial charge in [-0.15, -0.1) is 11.8 Å². The molecule has 1 atom stereocenters. The zero-order valence-corrected chi connectivity index (χ0v) is 9.71. The first-order chi connectivity index (χ1) is 5.52. The molecule has 0 saturated heterocycles. The summed E-state index contributed by atoms with van der Waals surface area (Å²) < 4.78 is 20.3. The minimum atomic E-state index is -3.38. The van der Waals surface area contributed by atoms with Crippen molar-refractivity contribution in [1.82, 2.24) is 0 Å². The highest BCUT2D eigenvalue weighted by atomic mass is 35.7. The topological polar surface area (TPSA) is 35.5 Å². The maximum Gasteiger partial charge on any atom is 0.476 e. The van der Waals surface area contributed by atoms with Gasteiger partial charge in [-0.1, -0.05) is 6.92 Å². The van der Waals surface area contributed by atoms with E-state index in [4.69, 9.17) is 15.8 Å². The van der Waals surface area contributed by atoms with Gasteiger partial charge in [0.15, 0.2) is 0 Å². The van der Waals surface area contributed by atoms with Crippen LogP contribution in [0.1, 0.15) is 13.8 Å². The summed E-state index contributed by atoms with van der Waals surface area (Å²) in [5, 5.41) is 1.74. The molecule has 0 aliphatic heterocycles. The van der Waals surface area contributed by atoms with Crippen LogP contribution in [-0.2, 0) is 13.6 Å². The Hall–Kier alpha value is 0.370. The molecule has 0 bridgehead atoms. The zero-order chi connectivity index (χ0) is 9.61. The largest absolute Gasteiger partial charge is 0.476 e. The Balaban J connectivity index is 3.99. The number of halogens is 1. The van der Waals surface area contributed by atoms with E-state index in [9.17, 15) is 4.57 Å². The summed E-state index contributed by atoms with van der Waals surface area (Å²) in [5.74, 6) is 1.43. The fourth-order valence-electron chi connectivity index (χ4n) is 0.431. The number of hydrogen-bond acceptors (Lipinski definition) is 4. The van der Waals surface area contributed by atoms with Crippen molar-refractivity contribution >= 4 is 30.0 Å². The third kappa shape index (κ3) is 5.95. The lowest BCUT2D eigenvalue weighted by molar-refractivity contribution is 0.301. The minimum absolute atomic E-state index is 0.502. The Morgan fingerprint density at radius 2 is 2.33 bits per heavy atom. The molecule has 0 aromatic rings. The molecule has 0 N–H and O–H groups in total. The maximum atomic E-state index is 11.0. The lowest BCUT2D eigenvalue weighted by Crippen LogP contribution is -1.83. The van der Waals surface area contributed by atoms with Crippen molar-refractivity contribution in [1.29, 1.82) is 0 Å². The molecule has 0 fully saturated rings. The fourth-order valence-corrected chi connectivity index (χ4v) is 1.75. The molecule has 72 valence electrons. The first kappa shape index (κ1) is 12.4. The van der Waals surface area contributed by atoms with Gasteiger partial charge in [-0.2, -0.15) is 0 Å². The van der Waals surface area contributed by atoms with Crippen LogP contribution in [0, 0.1) is 0 Å². The molecule has 3 nitrogen and oxygen atoms in total. The van der Waals surface area contributed by atoms with Crippen LogP contribution in [0.15, 0.2) is 11.2 Å². The van der Waals surface area contributed by atoms with E-state index in [1.165, 1.54) is 7.11 Å². The summed E-state index contributed by atoms with van der Waals surface area (Å²) in [5.41, 5.74) is 0. The van der Waals surface area contributed by atoms with Crippen molar-refractivity contribution in [2.24, 2.45) is 0 Å². The Bertz CT molecular complexity index is 207. The standard InChI is InChI=1S/C6H12ClO3PS/c1-4-12-5-6(2)10-11(7,8)9-3/h5H,4H2,1-3H3. The summed E-state index contributed by atoms with van der Waals surface area (Å²) in [6.07, 6.45) is 0. The summed E-state index contributed by atoms with van der Waals surface area (Å²) in [7, 11) is 1.24. The molecule has 0 aliphatic carbocycles. The van der Waals surface area contributed by atoms with Crippen LogP contribution in [-0.4, -0.2) is 12.9 Å². The van der Waals surface area contributed by atoms with Gasteiger partial charge in [0.1, 0.15) is 5.76 Å². The summed E-state index contributed by atoms with van der Waals surface area (Å²) in [6, 6.07) is 0. The molecule has 0 aromatic carbocycles. The van der Waals surface area contributed by atoms with Crippen LogP contribution in [0.2, 0.25) is 0 Å². The molecule has 0 heterocycles. The first-order valence-electron chi connectivity index (χ1n) is 3.35. The van der Waals surface area contributed by atoms with Gasteiger partial charge in [0.25, 0.3) is 0 Å². The Morgan fingerprint density at radius 3 is 2.75 bits per heavy atom. The smallest absolute Gasteiger partial charge is 0.418 e. The van der Waals surface area contributed by atoms with E-state index in [1.54, 1.807) is 24.1 Å². The maximum absolute atomic E-state index is 11.0. The van der Waals surface area contributed by atoms with Crippen molar-refractivity contribution in [3.63, 3.8) is 0 Å². The molecule has 0 spiro atoms. The summed E-state index contributed by atoms with van der Waals surface area (Å²) in [4.78, 5) is 0. The number of allylic oxidation sites excluding steroid dienone is 1. The second kappa shape index (κ2) is 5.92. The Morgan fingerprint density at radius 1 is 1.75 bits per heavy atom. The van der Waals surface area contributed by atoms with Gasteiger partial charge >= 0.3 is 6.95 Å². The molecule has 12 heavy (non-hydrogen) atoms. The van der Waals surface area contributed by atoms with Crippen molar-refractivity contribution < 1.29 is 13.6 Å². The Kier molecular flexibility index (Phi) is 6.10. The summed E-state index contributed by atoms with van der Waals surface area (Å²) in [6.45, 7) is 0.303. The number of hydrogen-bond donors (Lipinski definition) is 0. The second-order valence-corrected chi connectivity index (χ2v) is 5.69. The van der Waals surface area contributed by atoms with E-state index in [0.717, 1.165) is 5.75 Å². The molecular formula is C6H12ClO3PS. The quantitative estimate of drug-likeness (QED) is 0.534. The van der Waals surface area contributed by atoms with E-state index >= 15 is 0 Å². The first-order valence-corrected chi connectivity index (χ1v) is 6.85. The fraction of sp³-hybridized carbons (Fsp3) is 0.667. The molecule has 1 unspecified atom stereocenters. The lowest BCUT2D eigenvalue weighted by Gasteiger charge is -2.09. The Labute approximate surface area is 81.8 Å². The zero-order valence-electron chi connectivity index (χ0n) is 7.24. The molecule has 0 radical (unpaired) electrons. The normalized spacial score (nSPS) is 17.2. The van der Waals surface area contributed by atoms with Gasteiger partial charge in [-0.3, -0.25) is 4.52 Å². The van der Waals surface area contributed by atoms with Gasteiger partial charge in [-0.05, 0) is 12.7 Å². The highest BCUT2D eigenvalue weighted by Crippen LogP contribution is 2.54. The van der Waals surface area contributed by atoms with E-state index in [-0.39, 0.29) is 0 Å². The molecule has 0 amide bonds. The highest BCUT2D eigenvalue weighted by molar-refractivity contribution is 8.02. The van der Waals surface area contributed by atoms with Crippen molar-refractivity contribution in [3.8, 4) is 0 Å². The van der Waals surface area contributed by atoms with Crippen molar-refractivity contribution in [2.75, 3.05) is 12.9 Å². The third-order valence-corrected chi connectivity index (χ3v) is 3.28. The van der Waals surface area contributed by atoms with Gasteiger partial charge in [0.2, 0.25) is 0 Å². The van der Waals surface area contributed by atoms with Gasteiger partial charge in [0.05, 0.1) is 0 Å². The number of thioether (sulfide) groups is 1. The van der Waals surface area contributed by atoms with Crippen molar-refractivity contribution in [3.05, 3.63) is 11.2 Å². The summed E-state index contributed by atoms with van der Waals surface area (Å²) >= 11 is 6.90. The molecule has 6 heteroatoms. The van der Waals surface area contributed by atoms with E-state index < -0.39 is 6.95 Å². The molecule has 0 aromatic heterocycles. The van der Waals surface area contributed by atoms with Gasteiger partial charge in [0, 0.05) is 23.8 Å². The van der Waals surface area contributed by atoms with Crippen LogP contribution < -0.4 is 0 Å². The predicted octanol–water partition coefficient (Wildman–Crippen LogP) is 3.61. The van der Waals surface area contributed by atoms with E-state index in [2.05, 4.69) is 4.52 Å². The molecule has 0 aliphatic rings. The second-order valence-electron chi connectivity index (χ2n) is 1.89. The average Bonchev–Trinajstić information content (AvgIpc) is 2.00. The van der Waals surface area contributed by atoms with E-state index in [1.807, 2.05) is 6.92 Å². The number of rotatable bonds is 5. The van der Waals surface area contributed by atoms with Gasteiger partial charge in [-0.25, -0.2) is 4.57 Å². The minimum Gasteiger partial charge on any atom is -0.418 e. The molecule has 0 rings (SSSR count). The van der Waals surface area contributed by atoms with Crippen molar-refractivity contribution in [2.45, 2.75) is 13.8 Å². The molecule has 0 saturated carbocycles. The molecular weight excluding hydrogens is 219 g/mol. The van der Waals surface area contributed by atoms with Crippen LogP contribution >= 0.6 is 30.0 Å². The SMILES string of the molecule is CCSC=C(C)OP(=O)(Cl)OC. The van der Waals surface area contributed by atoms with Crippen LogP contribution in [0.5, 0.6) is 0 Å². The van der Waals surface area contributed by atoms with E-state index in [0.29, 0.717) is 5.76 Å². The highest BCUT2D eigenvalue weighted by Gasteiger charge is 2.19. The lowest BCUT2D eigenvalue weighted by atomic mass is 10.7. The third-order valence-electron chi connectivity index (χ3n) is 0.887. The predicted molar refractivity (Wildman–Crippen MR) is 53.4 cm³/mol. The average molecular weight is 231 g/mol.